The Kier molecular flexibility index (Phi) is 5.33. The molecule has 0 spiro atoms. The average molecular weight is 428 g/mol. The number of aromatic amines is 1. The number of H-pyrrole nitrogens is 1. The van der Waals surface area contributed by atoms with E-state index >= 15 is 0 Å². The van der Waals surface area contributed by atoms with Gasteiger partial charge in [-0.2, -0.15) is 5.10 Å². The summed E-state index contributed by atoms with van der Waals surface area (Å²) in [6.45, 7) is 2.47. The highest BCUT2D eigenvalue weighted by atomic mass is 19.1. The van der Waals surface area contributed by atoms with E-state index in [1.54, 1.807) is 18.2 Å². The number of amides is 1. The van der Waals surface area contributed by atoms with Crippen LogP contribution in [-0.2, 0) is 0 Å². The number of halogens is 1. The van der Waals surface area contributed by atoms with Gasteiger partial charge in [0.05, 0.1) is 11.4 Å². The summed E-state index contributed by atoms with van der Waals surface area (Å²) >= 11 is 0. The van der Waals surface area contributed by atoms with Crippen LogP contribution in [0.3, 0.4) is 0 Å². The number of aromatic nitrogens is 4. The molecule has 8 heteroatoms. The Labute approximate surface area is 184 Å². The first-order valence-electron chi connectivity index (χ1n) is 10.4. The maximum atomic E-state index is 13.2. The lowest BCUT2D eigenvalue weighted by Gasteiger charge is -2.35. The molecule has 1 amide bonds. The second kappa shape index (κ2) is 8.58. The van der Waals surface area contributed by atoms with Gasteiger partial charge in [-0.1, -0.05) is 30.3 Å². The van der Waals surface area contributed by atoms with E-state index in [2.05, 4.69) is 25.1 Å². The van der Waals surface area contributed by atoms with Crippen LogP contribution in [0.5, 0.6) is 0 Å². The molecule has 7 nitrogen and oxygen atoms in total. The van der Waals surface area contributed by atoms with Crippen molar-refractivity contribution < 1.29 is 9.18 Å². The first-order chi connectivity index (χ1) is 15.7. The topological polar surface area (TPSA) is 78.0 Å². The summed E-state index contributed by atoms with van der Waals surface area (Å²) in [5.74, 6) is 0.449. The number of rotatable bonds is 4. The minimum absolute atomic E-state index is 0.0611. The number of piperazine rings is 1. The van der Waals surface area contributed by atoms with Crippen LogP contribution in [-0.4, -0.2) is 57.2 Å². The number of anilines is 1. The van der Waals surface area contributed by atoms with E-state index in [1.807, 2.05) is 41.3 Å². The van der Waals surface area contributed by atoms with E-state index in [4.69, 9.17) is 0 Å². The van der Waals surface area contributed by atoms with E-state index in [1.165, 1.54) is 18.5 Å². The van der Waals surface area contributed by atoms with Crippen molar-refractivity contribution in [2.75, 3.05) is 31.1 Å². The Hall–Kier alpha value is -4.07. The number of nitrogens with zero attached hydrogens (tertiary/aromatic N) is 5. The van der Waals surface area contributed by atoms with Crippen LogP contribution in [0.25, 0.3) is 22.5 Å². The van der Waals surface area contributed by atoms with Crippen molar-refractivity contribution in [2.45, 2.75) is 0 Å². The van der Waals surface area contributed by atoms with E-state index < -0.39 is 0 Å². The molecule has 32 heavy (non-hydrogen) atoms. The van der Waals surface area contributed by atoms with E-state index in [9.17, 15) is 9.18 Å². The predicted molar refractivity (Wildman–Crippen MR) is 120 cm³/mol. The molecule has 0 saturated carbocycles. The van der Waals surface area contributed by atoms with Gasteiger partial charge in [0.15, 0.2) is 0 Å². The van der Waals surface area contributed by atoms with Crippen molar-refractivity contribution in [3.63, 3.8) is 0 Å². The normalized spacial score (nSPS) is 13.9. The number of carbonyl (C=O) groups excluding carboxylic acids is 1. The number of nitrogens with one attached hydrogen (secondary N) is 1. The average Bonchev–Trinajstić information content (AvgIpc) is 3.35. The molecule has 1 aliphatic rings. The van der Waals surface area contributed by atoms with Crippen molar-refractivity contribution in [1.29, 1.82) is 0 Å². The second-order valence-corrected chi connectivity index (χ2v) is 7.58. The summed E-state index contributed by atoms with van der Waals surface area (Å²) in [7, 11) is 0. The summed E-state index contributed by atoms with van der Waals surface area (Å²) in [4.78, 5) is 25.6. The third kappa shape index (κ3) is 4.07. The molecule has 1 aliphatic heterocycles. The molecule has 0 unspecified atom stereocenters. The molecule has 1 fully saturated rings. The summed E-state index contributed by atoms with van der Waals surface area (Å²) in [6, 6.07) is 19.7. The standard InChI is InChI=1S/C24H21FN6O/c25-19-8-6-18(7-9-19)20-15-23(27-16-26-20)30-10-12-31(13-11-30)24(32)22-14-21(28-29-22)17-4-2-1-3-5-17/h1-9,14-16H,10-13H2,(H,28,29). The quantitative estimate of drug-likeness (QED) is 0.537. The van der Waals surface area contributed by atoms with Crippen LogP contribution in [0.2, 0.25) is 0 Å². The Morgan fingerprint density at radius 2 is 1.56 bits per heavy atom. The van der Waals surface area contributed by atoms with Gasteiger partial charge in [0.1, 0.15) is 23.7 Å². The lowest BCUT2D eigenvalue weighted by Crippen LogP contribution is -2.49. The van der Waals surface area contributed by atoms with Crippen molar-refractivity contribution in [2.24, 2.45) is 0 Å². The lowest BCUT2D eigenvalue weighted by atomic mass is 10.1. The molecule has 3 heterocycles. The van der Waals surface area contributed by atoms with E-state index in [0.29, 0.717) is 31.9 Å². The van der Waals surface area contributed by atoms with Gasteiger partial charge in [-0.25, -0.2) is 14.4 Å². The monoisotopic (exact) mass is 428 g/mol. The van der Waals surface area contributed by atoms with E-state index in [0.717, 1.165) is 28.3 Å². The predicted octanol–water partition coefficient (Wildman–Crippen LogP) is 3.64. The minimum Gasteiger partial charge on any atom is -0.353 e. The van der Waals surface area contributed by atoms with Gasteiger partial charge in [0.25, 0.3) is 5.91 Å². The molecule has 5 rings (SSSR count). The van der Waals surface area contributed by atoms with Gasteiger partial charge in [-0.3, -0.25) is 9.89 Å². The Morgan fingerprint density at radius 3 is 2.31 bits per heavy atom. The smallest absolute Gasteiger partial charge is 0.272 e. The second-order valence-electron chi connectivity index (χ2n) is 7.58. The number of hydrogen-bond donors (Lipinski definition) is 1. The fourth-order valence-electron chi connectivity index (χ4n) is 3.80. The maximum Gasteiger partial charge on any atom is 0.272 e. The first kappa shape index (κ1) is 19.9. The van der Waals surface area contributed by atoms with Crippen LogP contribution in [0.15, 0.2) is 73.1 Å². The molecule has 0 atom stereocenters. The van der Waals surface area contributed by atoms with Crippen LogP contribution >= 0.6 is 0 Å². The third-order valence-corrected chi connectivity index (χ3v) is 5.56. The summed E-state index contributed by atoms with van der Waals surface area (Å²) < 4.78 is 13.2. The van der Waals surface area contributed by atoms with Crippen LogP contribution < -0.4 is 4.90 Å². The molecule has 0 bridgehead atoms. The molecule has 1 N–H and O–H groups in total. The zero-order valence-electron chi connectivity index (χ0n) is 17.3. The van der Waals surface area contributed by atoms with Gasteiger partial charge in [-0.05, 0) is 30.3 Å². The molecule has 160 valence electrons. The fraction of sp³-hybridized carbons (Fsp3) is 0.167. The van der Waals surface area contributed by atoms with Crippen LogP contribution in [0.1, 0.15) is 10.5 Å². The molecular weight excluding hydrogens is 407 g/mol. The number of carbonyl (C=O) groups is 1. The molecule has 1 saturated heterocycles. The van der Waals surface area contributed by atoms with Gasteiger partial charge >= 0.3 is 0 Å². The van der Waals surface area contributed by atoms with Crippen molar-refractivity contribution in [3.05, 3.63) is 84.6 Å². The highest BCUT2D eigenvalue weighted by Crippen LogP contribution is 2.23. The molecule has 0 aliphatic carbocycles. The van der Waals surface area contributed by atoms with E-state index in [-0.39, 0.29) is 11.7 Å². The zero-order valence-corrected chi connectivity index (χ0v) is 17.3. The number of benzene rings is 2. The van der Waals surface area contributed by atoms with Gasteiger partial charge in [0.2, 0.25) is 0 Å². The summed E-state index contributed by atoms with van der Waals surface area (Å²) in [5, 5.41) is 7.16. The first-order valence-corrected chi connectivity index (χ1v) is 10.4. The van der Waals surface area contributed by atoms with Crippen molar-refractivity contribution in [3.8, 4) is 22.5 Å². The van der Waals surface area contributed by atoms with Crippen molar-refractivity contribution in [1.82, 2.24) is 25.1 Å². The summed E-state index contributed by atoms with van der Waals surface area (Å²) in [5.41, 5.74) is 3.77. The Bertz CT molecular complexity index is 1220. The highest BCUT2D eigenvalue weighted by Gasteiger charge is 2.24. The van der Waals surface area contributed by atoms with Gasteiger partial charge < -0.3 is 9.80 Å². The Balaban J connectivity index is 1.25. The molecular formula is C24H21FN6O. The third-order valence-electron chi connectivity index (χ3n) is 5.56. The van der Waals surface area contributed by atoms with Crippen LogP contribution in [0, 0.1) is 5.82 Å². The SMILES string of the molecule is O=C(c1cc(-c2ccccc2)n[nH]1)N1CCN(c2cc(-c3ccc(F)cc3)ncn2)CC1. The summed E-state index contributed by atoms with van der Waals surface area (Å²) in [6.07, 6.45) is 1.52. The van der Waals surface area contributed by atoms with Gasteiger partial charge in [-0.15, -0.1) is 0 Å². The Morgan fingerprint density at radius 1 is 0.844 bits per heavy atom. The zero-order chi connectivity index (χ0) is 21.9. The van der Waals surface area contributed by atoms with Crippen LogP contribution in [0.4, 0.5) is 10.2 Å². The highest BCUT2D eigenvalue weighted by molar-refractivity contribution is 5.93. The number of hydrogen-bond acceptors (Lipinski definition) is 5. The largest absolute Gasteiger partial charge is 0.353 e. The molecule has 0 radical (unpaired) electrons. The van der Waals surface area contributed by atoms with Gasteiger partial charge in [0, 0.05) is 43.4 Å². The molecule has 2 aromatic heterocycles. The van der Waals surface area contributed by atoms with Crippen molar-refractivity contribution >= 4 is 11.7 Å². The minimum atomic E-state index is -0.281. The molecule has 2 aromatic carbocycles. The maximum absolute atomic E-state index is 13.2. The molecule has 4 aromatic rings. The fourth-order valence-corrected chi connectivity index (χ4v) is 3.80. The lowest BCUT2D eigenvalue weighted by molar-refractivity contribution is 0.0740.